The predicted molar refractivity (Wildman–Crippen MR) is 79.0 cm³/mol. The van der Waals surface area contributed by atoms with Crippen LogP contribution in [0, 0.1) is 0 Å². The monoisotopic (exact) mass is 264 g/mol. The Kier molecular flexibility index (Phi) is 4.69. The van der Waals surface area contributed by atoms with Crippen LogP contribution in [0.2, 0.25) is 0 Å². The summed E-state index contributed by atoms with van der Waals surface area (Å²) in [6.07, 6.45) is 5.74. The fraction of sp³-hybridized carbons (Fsp3) is 0.750. The second kappa shape index (κ2) is 6.10. The minimum Gasteiger partial charge on any atom is -0.468 e. The van der Waals surface area contributed by atoms with Crippen molar-refractivity contribution in [3.05, 3.63) is 23.7 Å². The van der Waals surface area contributed by atoms with Gasteiger partial charge in [0.2, 0.25) is 0 Å². The minimum absolute atomic E-state index is 0.147. The Hall–Kier alpha value is -0.800. The molecular weight excluding hydrogens is 236 g/mol. The lowest BCUT2D eigenvalue weighted by atomic mass is 10.1. The summed E-state index contributed by atoms with van der Waals surface area (Å²) >= 11 is 0. The smallest absolute Gasteiger partial charge is 0.122 e. The SMILES string of the molecule is CCC1CCCN1Cc1occc1CNC(C)(C)C. The van der Waals surface area contributed by atoms with E-state index in [0.717, 1.165) is 24.9 Å². The molecule has 2 heterocycles. The van der Waals surface area contributed by atoms with Gasteiger partial charge >= 0.3 is 0 Å². The molecule has 0 bridgehead atoms. The normalized spacial score (nSPS) is 21.2. The Morgan fingerprint density at radius 1 is 1.42 bits per heavy atom. The molecule has 108 valence electrons. The van der Waals surface area contributed by atoms with Crippen molar-refractivity contribution in [1.29, 1.82) is 0 Å². The van der Waals surface area contributed by atoms with Gasteiger partial charge < -0.3 is 9.73 Å². The maximum absolute atomic E-state index is 5.70. The molecule has 1 saturated heterocycles. The molecule has 1 N–H and O–H groups in total. The van der Waals surface area contributed by atoms with Gasteiger partial charge in [-0.05, 0) is 52.6 Å². The van der Waals surface area contributed by atoms with E-state index < -0.39 is 0 Å². The van der Waals surface area contributed by atoms with E-state index in [1.165, 1.54) is 31.4 Å². The summed E-state index contributed by atoms with van der Waals surface area (Å²) in [6, 6.07) is 2.85. The largest absolute Gasteiger partial charge is 0.468 e. The van der Waals surface area contributed by atoms with Crippen molar-refractivity contribution in [3.63, 3.8) is 0 Å². The molecule has 1 atom stereocenters. The van der Waals surface area contributed by atoms with Crippen molar-refractivity contribution in [2.45, 2.75) is 71.6 Å². The van der Waals surface area contributed by atoms with E-state index in [9.17, 15) is 0 Å². The van der Waals surface area contributed by atoms with Gasteiger partial charge in [0.05, 0.1) is 12.8 Å². The Bertz CT molecular complexity index is 392. The van der Waals surface area contributed by atoms with E-state index in [1.54, 1.807) is 0 Å². The van der Waals surface area contributed by atoms with Crippen LogP contribution in [0.3, 0.4) is 0 Å². The second-order valence-corrected chi connectivity index (χ2v) is 6.65. The molecule has 0 aromatic carbocycles. The van der Waals surface area contributed by atoms with Gasteiger partial charge in [-0.2, -0.15) is 0 Å². The van der Waals surface area contributed by atoms with Gasteiger partial charge in [0.25, 0.3) is 0 Å². The Morgan fingerprint density at radius 3 is 2.89 bits per heavy atom. The lowest BCUT2D eigenvalue weighted by Gasteiger charge is -2.23. The van der Waals surface area contributed by atoms with E-state index in [1.807, 2.05) is 6.26 Å². The lowest BCUT2D eigenvalue weighted by molar-refractivity contribution is 0.220. The fourth-order valence-corrected chi connectivity index (χ4v) is 2.77. The highest BCUT2D eigenvalue weighted by atomic mass is 16.3. The summed E-state index contributed by atoms with van der Waals surface area (Å²) < 4.78 is 5.70. The second-order valence-electron chi connectivity index (χ2n) is 6.65. The third-order valence-corrected chi connectivity index (χ3v) is 3.96. The lowest BCUT2D eigenvalue weighted by Crippen LogP contribution is -2.35. The zero-order valence-corrected chi connectivity index (χ0v) is 12.8. The van der Waals surface area contributed by atoms with E-state index >= 15 is 0 Å². The van der Waals surface area contributed by atoms with Crippen molar-refractivity contribution < 1.29 is 4.42 Å². The van der Waals surface area contributed by atoms with Gasteiger partial charge in [0, 0.05) is 23.7 Å². The average Bonchev–Trinajstić information content (AvgIpc) is 2.95. The van der Waals surface area contributed by atoms with Gasteiger partial charge in [-0.25, -0.2) is 0 Å². The zero-order chi connectivity index (χ0) is 13.9. The summed E-state index contributed by atoms with van der Waals surface area (Å²) in [5.41, 5.74) is 1.45. The average molecular weight is 264 g/mol. The molecule has 0 spiro atoms. The molecule has 3 nitrogen and oxygen atoms in total. The molecule has 0 radical (unpaired) electrons. The van der Waals surface area contributed by atoms with Crippen LogP contribution in [0.25, 0.3) is 0 Å². The summed E-state index contributed by atoms with van der Waals surface area (Å²) in [4.78, 5) is 2.57. The third kappa shape index (κ3) is 4.08. The molecule has 3 heteroatoms. The molecule has 1 unspecified atom stereocenters. The topological polar surface area (TPSA) is 28.4 Å². The van der Waals surface area contributed by atoms with E-state index in [2.05, 4.69) is 44.0 Å². The zero-order valence-electron chi connectivity index (χ0n) is 12.8. The Balaban J connectivity index is 1.95. The number of rotatable bonds is 5. The highest BCUT2D eigenvalue weighted by Gasteiger charge is 2.24. The van der Waals surface area contributed by atoms with Crippen LogP contribution in [-0.4, -0.2) is 23.0 Å². The highest BCUT2D eigenvalue weighted by molar-refractivity contribution is 5.17. The molecule has 19 heavy (non-hydrogen) atoms. The first-order valence-electron chi connectivity index (χ1n) is 7.54. The highest BCUT2D eigenvalue weighted by Crippen LogP contribution is 2.24. The summed E-state index contributed by atoms with van der Waals surface area (Å²) in [5, 5.41) is 3.54. The fourth-order valence-electron chi connectivity index (χ4n) is 2.77. The van der Waals surface area contributed by atoms with Crippen LogP contribution in [-0.2, 0) is 13.1 Å². The molecule has 0 saturated carbocycles. The Labute approximate surface area is 117 Å². The maximum Gasteiger partial charge on any atom is 0.122 e. The number of furan rings is 1. The number of likely N-dealkylation sites (tertiary alicyclic amines) is 1. The van der Waals surface area contributed by atoms with Crippen molar-refractivity contribution in [3.8, 4) is 0 Å². The van der Waals surface area contributed by atoms with Crippen LogP contribution in [0.1, 0.15) is 58.3 Å². The molecule has 1 aliphatic rings. The van der Waals surface area contributed by atoms with E-state index in [0.29, 0.717) is 0 Å². The van der Waals surface area contributed by atoms with Gasteiger partial charge in [-0.1, -0.05) is 6.92 Å². The van der Waals surface area contributed by atoms with Crippen LogP contribution in [0.4, 0.5) is 0 Å². The third-order valence-electron chi connectivity index (χ3n) is 3.96. The van der Waals surface area contributed by atoms with Crippen LogP contribution in [0.5, 0.6) is 0 Å². The van der Waals surface area contributed by atoms with E-state index in [-0.39, 0.29) is 5.54 Å². The number of nitrogens with zero attached hydrogens (tertiary/aromatic N) is 1. The summed E-state index contributed by atoms with van der Waals surface area (Å²) in [6.45, 7) is 11.9. The quantitative estimate of drug-likeness (QED) is 0.881. The first-order valence-corrected chi connectivity index (χ1v) is 7.54. The summed E-state index contributed by atoms with van der Waals surface area (Å²) in [7, 11) is 0. The molecule has 0 aliphatic carbocycles. The molecule has 2 rings (SSSR count). The van der Waals surface area contributed by atoms with Gasteiger partial charge in [0.15, 0.2) is 0 Å². The van der Waals surface area contributed by atoms with Crippen molar-refractivity contribution in [1.82, 2.24) is 10.2 Å². The van der Waals surface area contributed by atoms with Crippen LogP contribution < -0.4 is 5.32 Å². The number of hydrogen-bond acceptors (Lipinski definition) is 3. The standard InChI is InChI=1S/C16H28N2O/c1-5-14-7-6-9-18(14)12-15-13(8-10-19-15)11-17-16(2,3)4/h8,10,14,17H,5-7,9,11-12H2,1-4H3. The van der Waals surface area contributed by atoms with Gasteiger partial charge in [0.1, 0.15) is 5.76 Å². The molecule has 1 aromatic heterocycles. The van der Waals surface area contributed by atoms with Crippen LogP contribution in [0.15, 0.2) is 16.7 Å². The van der Waals surface area contributed by atoms with Gasteiger partial charge in [-0.15, -0.1) is 0 Å². The van der Waals surface area contributed by atoms with Gasteiger partial charge in [-0.3, -0.25) is 4.90 Å². The predicted octanol–water partition coefficient (Wildman–Crippen LogP) is 3.54. The minimum atomic E-state index is 0.147. The molecule has 1 aliphatic heterocycles. The molecule has 0 amide bonds. The molecular formula is C16H28N2O. The number of hydrogen-bond donors (Lipinski definition) is 1. The first kappa shape index (κ1) is 14.6. The maximum atomic E-state index is 5.70. The first-order chi connectivity index (χ1) is 8.99. The Morgan fingerprint density at radius 2 is 2.21 bits per heavy atom. The number of nitrogens with one attached hydrogen (secondary N) is 1. The molecule has 1 fully saturated rings. The van der Waals surface area contributed by atoms with Crippen molar-refractivity contribution >= 4 is 0 Å². The van der Waals surface area contributed by atoms with Crippen molar-refractivity contribution in [2.24, 2.45) is 0 Å². The summed E-state index contributed by atoms with van der Waals surface area (Å²) in [5.74, 6) is 1.14. The molecule has 1 aromatic rings. The van der Waals surface area contributed by atoms with Crippen molar-refractivity contribution in [2.75, 3.05) is 6.54 Å². The van der Waals surface area contributed by atoms with E-state index in [4.69, 9.17) is 4.42 Å². The van der Waals surface area contributed by atoms with Crippen LogP contribution >= 0.6 is 0 Å².